The number of hydrogen-bond donors (Lipinski definition) is 3. The van der Waals surface area contributed by atoms with E-state index in [1.165, 1.54) is 9.78 Å². The van der Waals surface area contributed by atoms with Crippen molar-refractivity contribution in [2.24, 2.45) is 0 Å². The zero-order valence-electron chi connectivity index (χ0n) is 13.1. The van der Waals surface area contributed by atoms with Crippen LogP contribution in [0.15, 0.2) is 41.8 Å². The molecule has 0 unspecified atom stereocenters. The van der Waals surface area contributed by atoms with Crippen LogP contribution in [0.25, 0.3) is 0 Å². The lowest BCUT2D eigenvalue weighted by Gasteiger charge is -2.21. The predicted octanol–water partition coefficient (Wildman–Crippen LogP) is 1.93. The minimum atomic E-state index is 0.380. The van der Waals surface area contributed by atoms with Crippen molar-refractivity contribution in [3.8, 4) is 5.75 Å². The number of thiocarbonyl (C=S) groups is 1. The Morgan fingerprint density at radius 1 is 1.32 bits per heavy atom. The smallest absolute Gasteiger partial charge is 0.171 e. The molecular formula is C16H22N3OS2+. The van der Waals surface area contributed by atoms with Gasteiger partial charge in [-0.2, -0.15) is 0 Å². The number of ether oxygens (including phenoxy) is 1. The van der Waals surface area contributed by atoms with Gasteiger partial charge in [-0.25, -0.2) is 0 Å². The number of rotatable bonds is 6. The normalized spacial score (nSPS) is 12.0. The van der Waals surface area contributed by atoms with Gasteiger partial charge in [0.1, 0.15) is 11.8 Å². The molecule has 4 nitrogen and oxygen atoms in total. The van der Waals surface area contributed by atoms with Gasteiger partial charge < -0.3 is 20.3 Å². The second kappa shape index (κ2) is 8.12. The maximum atomic E-state index is 5.38. The zero-order chi connectivity index (χ0) is 15.9. The molecule has 0 amide bonds. The van der Waals surface area contributed by atoms with E-state index in [4.69, 9.17) is 17.0 Å². The molecule has 0 aliphatic rings. The van der Waals surface area contributed by atoms with Crippen molar-refractivity contribution in [1.82, 2.24) is 5.32 Å². The van der Waals surface area contributed by atoms with E-state index in [-0.39, 0.29) is 0 Å². The molecular weight excluding hydrogens is 314 g/mol. The molecule has 1 atom stereocenters. The summed E-state index contributed by atoms with van der Waals surface area (Å²) < 4.78 is 5.21. The molecule has 0 radical (unpaired) electrons. The second-order valence-corrected chi connectivity index (χ2v) is 6.60. The Morgan fingerprint density at radius 2 is 2.14 bits per heavy atom. The summed E-state index contributed by atoms with van der Waals surface area (Å²) in [6.45, 7) is 0.790. The molecule has 0 bridgehead atoms. The number of methoxy groups -OCH3 is 1. The molecule has 3 N–H and O–H groups in total. The summed E-state index contributed by atoms with van der Waals surface area (Å²) in [6, 6.07) is 12.4. The van der Waals surface area contributed by atoms with Crippen molar-refractivity contribution >= 4 is 34.4 Å². The number of benzene rings is 1. The summed E-state index contributed by atoms with van der Waals surface area (Å²) in [4.78, 5) is 2.73. The van der Waals surface area contributed by atoms with Gasteiger partial charge in [0.15, 0.2) is 5.11 Å². The molecule has 2 aromatic rings. The van der Waals surface area contributed by atoms with Crippen molar-refractivity contribution in [2.75, 3.05) is 33.1 Å². The standard InChI is InChI=1S/C16H21N3OS2/c1-19(2)14(15-8-5-9-22-15)11-17-16(21)18-12-6-4-7-13(10-12)20-3/h4-10,14H,11H2,1-3H3,(H2,17,18,21)/p+1/t14-/m0/s1. The van der Waals surface area contributed by atoms with Crippen LogP contribution < -0.4 is 20.3 Å². The van der Waals surface area contributed by atoms with Crippen LogP contribution in [0.3, 0.4) is 0 Å². The Balaban J connectivity index is 1.91. The first-order chi connectivity index (χ1) is 10.6. The van der Waals surface area contributed by atoms with E-state index in [2.05, 4.69) is 42.2 Å². The topological polar surface area (TPSA) is 37.7 Å². The van der Waals surface area contributed by atoms with Gasteiger partial charge in [0.2, 0.25) is 0 Å². The fourth-order valence-electron chi connectivity index (χ4n) is 2.15. The lowest BCUT2D eigenvalue weighted by Crippen LogP contribution is -3.06. The van der Waals surface area contributed by atoms with Crippen LogP contribution in [-0.4, -0.2) is 32.9 Å². The molecule has 1 heterocycles. The maximum absolute atomic E-state index is 5.38. The fourth-order valence-corrected chi connectivity index (χ4v) is 3.31. The molecule has 118 valence electrons. The molecule has 0 spiro atoms. The maximum Gasteiger partial charge on any atom is 0.171 e. The lowest BCUT2D eigenvalue weighted by molar-refractivity contribution is -0.890. The first-order valence-corrected chi connectivity index (χ1v) is 8.41. The van der Waals surface area contributed by atoms with Gasteiger partial charge in [-0.1, -0.05) is 12.1 Å². The highest BCUT2D eigenvalue weighted by molar-refractivity contribution is 7.80. The quantitative estimate of drug-likeness (QED) is 0.705. The Morgan fingerprint density at radius 3 is 2.77 bits per heavy atom. The van der Waals surface area contributed by atoms with E-state index in [1.807, 2.05) is 24.3 Å². The van der Waals surface area contributed by atoms with Gasteiger partial charge in [-0.05, 0) is 35.8 Å². The average molecular weight is 337 g/mol. The average Bonchev–Trinajstić information content (AvgIpc) is 3.01. The molecule has 0 aliphatic heterocycles. The number of thiophene rings is 1. The summed E-state index contributed by atoms with van der Waals surface area (Å²) in [5.41, 5.74) is 0.918. The lowest BCUT2D eigenvalue weighted by atomic mass is 10.2. The van der Waals surface area contributed by atoms with Crippen molar-refractivity contribution < 1.29 is 9.64 Å². The van der Waals surface area contributed by atoms with Crippen LogP contribution in [-0.2, 0) is 0 Å². The molecule has 0 aliphatic carbocycles. The van der Waals surface area contributed by atoms with E-state index in [0.29, 0.717) is 11.2 Å². The van der Waals surface area contributed by atoms with Crippen molar-refractivity contribution in [2.45, 2.75) is 6.04 Å². The molecule has 1 aromatic heterocycles. The summed E-state index contributed by atoms with van der Waals surface area (Å²) in [5.74, 6) is 0.807. The zero-order valence-corrected chi connectivity index (χ0v) is 14.7. The van der Waals surface area contributed by atoms with Gasteiger partial charge in [-0.3, -0.25) is 0 Å². The molecule has 0 saturated carbocycles. The van der Waals surface area contributed by atoms with Crippen LogP contribution in [0.1, 0.15) is 10.9 Å². The summed E-state index contributed by atoms with van der Waals surface area (Å²) in [6.07, 6.45) is 0. The van der Waals surface area contributed by atoms with Gasteiger partial charge in [0.25, 0.3) is 0 Å². The molecule has 2 rings (SSSR count). The first kappa shape index (κ1) is 16.7. The Labute approximate surface area is 141 Å². The van der Waals surface area contributed by atoms with Crippen LogP contribution >= 0.6 is 23.6 Å². The fraction of sp³-hybridized carbons (Fsp3) is 0.312. The second-order valence-electron chi connectivity index (χ2n) is 5.21. The van der Waals surface area contributed by atoms with Gasteiger partial charge >= 0.3 is 0 Å². The van der Waals surface area contributed by atoms with Crippen molar-refractivity contribution in [3.05, 3.63) is 46.7 Å². The first-order valence-electron chi connectivity index (χ1n) is 7.12. The minimum absolute atomic E-state index is 0.380. The monoisotopic (exact) mass is 336 g/mol. The van der Waals surface area contributed by atoms with E-state index in [9.17, 15) is 0 Å². The van der Waals surface area contributed by atoms with Gasteiger partial charge in [0.05, 0.1) is 32.6 Å². The van der Waals surface area contributed by atoms with E-state index >= 15 is 0 Å². The number of quaternary nitrogens is 1. The highest BCUT2D eigenvalue weighted by atomic mass is 32.1. The van der Waals surface area contributed by atoms with Crippen LogP contribution in [0, 0.1) is 0 Å². The molecule has 22 heavy (non-hydrogen) atoms. The summed E-state index contributed by atoms with van der Waals surface area (Å²) in [7, 11) is 5.97. The molecule has 0 fully saturated rings. The van der Waals surface area contributed by atoms with E-state index < -0.39 is 0 Å². The Bertz CT molecular complexity index is 599. The third-order valence-electron chi connectivity index (χ3n) is 3.38. The van der Waals surface area contributed by atoms with Crippen LogP contribution in [0.4, 0.5) is 5.69 Å². The van der Waals surface area contributed by atoms with Crippen molar-refractivity contribution in [1.29, 1.82) is 0 Å². The largest absolute Gasteiger partial charge is 0.497 e. The minimum Gasteiger partial charge on any atom is -0.497 e. The highest BCUT2D eigenvalue weighted by Crippen LogP contribution is 2.17. The van der Waals surface area contributed by atoms with E-state index in [1.54, 1.807) is 18.4 Å². The number of anilines is 1. The number of hydrogen-bond acceptors (Lipinski definition) is 3. The SMILES string of the molecule is COc1cccc(NC(=S)NC[C@@H](c2cccs2)[NH+](C)C)c1. The third kappa shape index (κ3) is 4.69. The highest BCUT2D eigenvalue weighted by Gasteiger charge is 2.18. The van der Waals surface area contributed by atoms with Gasteiger partial charge in [-0.15, -0.1) is 11.3 Å². The molecule has 6 heteroatoms. The number of likely N-dealkylation sites (N-methyl/N-ethyl adjacent to an activating group) is 1. The molecule has 0 saturated heterocycles. The Kier molecular flexibility index (Phi) is 6.18. The van der Waals surface area contributed by atoms with E-state index in [0.717, 1.165) is 18.0 Å². The third-order valence-corrected chi connectivity index (χ3v) is 4.61. The van der Waals surface area contributed by atoms with Crippen LogP contribution in [0.5, 0.6) is 5.75 Å². The van der Waals surface area contributed by atoms with Gasteiger partial charge in [0, 0.05) is 11.8 Å². The van der Waals surface area contributed by atoms with Crippen molar-refractivity contribution in [3.63, 3.8) is 0 Å². The summed E-state index contributed by atoms with van der Waals surface area (Å²) >= 11 is 7.16. The number of nitrogens with one attached hydrogen (secondary N) is 3. The molecule has 1 aromatic carbocycles. The summed E-state index contributed by atoms with van der Waals surface area (Å²) in [5, 5.41) is 9.22. The van der Waals surface area contributed by atoms with Crippen LogP contribution in [0.2, 0.25) is 0 Å². The Hall–Kier alpha value is -1.63. The predicted molar refractivity (Wildman–Crippen MR) is 97.1 cm³/mol.